The first-order valence-corrected chi connectivity index (χ1v) is 11.7. The zero-order chi connectivity index (χ0) is 20.5. The number of carbonyl (C=O) groups excluding carboxylic acids is 1. The summed E-state index contributed by atoms with van der Waals surface area (Å²) in [6.07, 6.45) is 5.31. The van der Waals surface area contributed by atoms with Gasteiger partial charge in [0.15, 0.2) is 0 Å². The number of aromatic nitrogens is 1. The molecule has 156 valence electrons. The van der Waals surface area contributed by atoms with Gasteiger partial charge in [0, 0.05) is 35.1 Å². The molecule has 0 saturated carbocycles. The van der Waals surface area contributed by atoms with Gasteiger partial charge >= 0.3 is 0 Å². The maximum Gasteiger partial charge on any atom is 0.237 e. The minimum absolute atomic E-state index is 0.176. The Morgan fingerprint density at radius 3 is 2.80 bits per heavy atom. The highest BCUT2D eigenvalue weighted by atomic mass is 32.2. The van der Waals surface area contributed by atoms with Gasteiger partial charge in [0.1, 0.15) is 5.82 Å². The highest BCUT2D eigenvalue weighted by Gasteiger charge is 2.26. The van der Waals surface area contributed by atoms with Gasteiger partial charge in [-0.1, -0.05) is 12.1 Å². The summed E-state index contributed by atoms with van der Waals surface area (Å²) in [5, 5.41) is 1.01. The van der Waals surface area contributed by atoms with Crippen LogP contribution in [0.1, 0.15) is 18.4 Å². The Labute approximate surface area is 180 Å². The molecule has 0 radical (unpaired) electrons. The molecule has 0 unspecified atom stereocenters. The van der Waals surface area contributed by atoms with Gasteiger partial charge in [-0.05, 0) is 74.2 Å². The highest BCUT2D eigenvalue weighted by molar-refractivity contribution is 8.00. The predicted octanol–water partition coefficient (Wildman–Crippen LogP) is 4.70. The van der Waals surface area contributed by atoms with Crippen molar-refractivity contribution in [1.82, 2.24) is 9.88 Å². The monoisotopic (exact) mass is 423 g/mol. The molecule has 1 saturated heterocycles. The zero-order valence-corrected chi connectivity index (χ0v) is 17.8. The average Bonchev–Trinajstić information content (AvgIpc) is 3.16. The molecular weight excluding hydrogens is 397 g/mol. The van der Waals surface area contributed by atoms with Gasteiger partial charge in [0.2, 0.25) is 5.91 Å². The van der Waals surface area contributed by atoms with Crippen LogP contribution in [0.25, 0.3) is 10.9 Å². The first kappa shape index (κ1) is 19.6. The van der Waals surface area contributed by atoms with E-state index >= 15 is 0 Å². The second-order valence-electron chi connectivity index (χ2n) is 8.29. The van der Waals surface area contributed by atoms with Crippen LogP contribution < -0.4 is 4.90 Å². The van der Waals surface area contributed by atoms with Gasteiger partial charge in [0.25, 0.3) is 0 Å². The lowest BCUT2D eigenvalue weighted by atomic mass is 9.90. The largest absolute Gasteiger partial charge is 0.361 e. The Kier molecular flexibility index (Phi) is 5.52. The summed E-state index contributed by atoms with van der Waals surface area (Å²) in [5.74, 6) is 1.19. The summed E-state index contributed by atoms with van der Waals surface area (Å²) in [6.45, 7) is 3.78. The Hall–Kier alpha value is -2.31. The number of para-hydroxylation sites is 1. The summed E-state index contributed by atoms with van der Waals surface area (Å²) < 4.78 is 13.6. The predicted molar refractivity (Wildman–Crippen MR) is 121 cm³/mol. The number of likely N-dealkylation sites (tertiary alicyclic amines) is 1. The van der Waals surface area contributed by atoms with Crippen molar-refractivity contribution < 1.29 is 9.18 Å². The lowest BCUT2D eigenvalue weighted by Crippen LogP contribution is -2.43. The third-order valence-corrected chi connectivity index (χ3v) is 7.44. The number of H-pyrrole nitrogens is 1. The van der Waals surface area contributed by atoms with E-state index in [4.69, 9.17) is 0 Å². The second-order valence-corrected chi connectivity index (χ2v) is 9.31. The van der Waals surface area contributed by atoms with Crippen LogP contribution in [0.2, 0.25) is 0 Å². The van der Waals surface area contributed by atoms with Gasteiger partial charge in [-0.3, -0.25) is 4.79 Å². The van der Waals surface area contributed by atoms with E-state index in [-0.39, 0.29) is 11.7 Å². The van der Waals surface area contributed by atoms with Gasteiger partial charge in [0.05, 0.1) is 11.4 Å². The van der Waals surface area contributed by atoms with E-state index in [1.807, 2.05) is 29.3 Å². The van der Waals surface area contributed by atoms with Crippen LogP contribution in [-0.2, 0) is 11.2 Å². The highest BCUT2D eigenvalue weighted by Crippen LogP contribution is 2.35. The number of halogens is 1. The molecule has 0 bridgehead atoms. The number of hydrogen-bond donors (Lipinski definition) is 1. The fraction of sp³-hybridized carbons (Fsp3) is 0.375. The summed E-state index contributed by atoms with van der Waals surface area (Å²) in [4.78, 5) is 21.3. The standard InChI is InChI=1S/C24H26FN3OS/c25-19-5-6-21-20(14-19)18(15-26-21)13-17-7-9-27(10-8-17)11-12-28-22-3-1-2-4-23(22)30-16-24(28)29/h1-6,14-15,17,26H,7-13,16H2. The summed E-state index contributed by atoms with van der Waals surface area (Å²) in [6, 6.07) is 13.2. The molecule has 2 aromatic carbocycles. The number of thioether (sulfide) groups is 1. The molecule has 1 amide bonds. The molecule has 3 aromatic rings. The Bertz CT molecular complexity index is 1060. The van der Waals surface area contributed by atoms with E-state index in [1.165, 1.54) is 16.5 Å². The van der Waals surface area contributed by atoms with Crippen LogP contribution in [0.15, 0.2) is 53.6 Å². The van der Waals surface area contributed by atoms with Crippen LogP contribution in [-0.4, -0.2) is 47.7 Å². The Morgan fingerprint density at radius 1 is 1.10 bits per heavy atom. The van der Waals surface area contributed by atoms with Crippen LogP contribution in [0, 0.1) is 11.7 Å². The molecule has 4 nitrogen and oxygen atoms in total. The molecule has 3 heterocycles. The van der Waals surface area contributed by atoms with Gasteiger partial charge in [-0.15, -0.1) is 11.8 Å². The van der Waals surface area contributed by atoms with Crippen molar-refractivity contribution in [3.63, 3.8) is 0 Å². The summed E-state index contributed by atoms with van der Waals surface area (Å²) >= 11 is 1.63. The number of hydrogen-bond acceptors (Lipinski definition) is 3. The van der Waals surface area contributed by atoms with Crippen molar-refractivity contribution in [3.8, 4) is 0 Å². The molecule has 6 heteroatoms. The van der Waals surface area contributed by atoms with E-state index < -0.39 is 0 Å². The number of amides is 1. The minimum atomic E-state index is -0.176. The van der Waals surface area contributed by atoms with Crippen LogP contribution in [0.5, 0.6) is 0 Å². The third kappa shape index (κ3) is 3.98. The van der Waals surface area contributed by atoms with Crippen LogP contribution in [0.4, 0.5) is 10.1 Å². The first-order valence-electron chi connectivity index (χ1n) is 10.7. The smallest absolute Gasteiger partial charge is 0.237 e. The van der Waals surface area contributed by atoms with Gasteiger partial charge < -0.3 is 14.8 Å². The fourth-order valence-electron chi connectivity index (χ4n) is 4.69. The van der Waals surface area contributed by atoms with E-state index in [9.17, 15) is 9.18 Å². The molecule has 0 atom stereocenters. The topological polar surface area (TPSA) is 39.3 Å². The third-order valence-electron chi connectivity index (χ3n) is 6.39. The second kappa shape index (κ2) is 8.44. The van der Waals surface area contributed by atoms with E-state index in [0.29, 0.717) is 11.7 Å². The number of aromatic amines is 1. The maximum atomic E-state index is 13.6. The molecule has 30 heavy (non-hydrogen) atoms. The van der Waals surface area contributed by atoms with Crippen molar-refractivity contribution in [2.45, 2.75) is 24.2 Å². The summed E-state index contributed by atoms with van der Waals surface area (Å²) in [7, 11) is 0. The number of anilines is 1. The van der Waals surface area contributed by atoms with E-state index in [1.54, 1.807) is 17.8 Å². The number of fused-ring (bicyclic) bond motifs is 2. The van der Waals surface area contributed by atoms with Gasteiger partial charge in [-0.25, -0.2) is 4.39 Å². The normalized spacial score (nSPS) is 18.2. The van der Waals surface area contributed by atoms with Crippen molar-refractivity contribution in [2.75, 3.05) is 36.8 Å². The number of nitrogens with zero attached hydrogens (tertiary/aromatic N) is 2. The summed E-state index contributed by atoms with van der Waals surface area (Å²) in [5.41, 5.74) is 3.28. The molecular formula is C24H26FN3OS. The Morgan fingerprint density at radius 2 is 1.93 bits per heavy atom. The van der Waals surface area contributed by atoms with Crippen LogP contribution >= 0.6 is 11.8 Å². The maximum absolute atomic E-state index is 13.6. The molecule has 1 aromatic heterocycles. The molecule has 0 aliphatic carbocycles. The number of rotatable bonds is 5. The SMILES string of the molecule is O=C1CSc2ccccc2N1CCN1CCC(Cc2c[nH]c3ccc(F)cc23)CC1. The van der Waals surface area contributed by atoms with E-state index in [0.717, 1.165) is 62.0 Å². The quantitative estimate of drug-likeness (QED) is 0.647. The lowest BCUT2D eigenvalue weighted by Gasteiger charge is -2.35. The molecule has 2 aliphatic heterocycles. The number of benzene rings is 2. The Balaban J connectivity index is 1.16. The molecule has 2 aliphatic rings. The van der Waals surface area contributed by atoms with Crippen molar-refractivity contribution in [2.24, 2.45) is 5.92 Å². The average molecular weight is 424 g/mol. The zero-order valence-electron chi connectivity index (χ0n) is 16.9. The molecule has 1 fully saturated rings. The van der Waals surface area contributed by atoms with Crippen molar-refractivity contribution in [3.05, 3.63) is 60.0 Å². The van der Waals surface area contributed by atoms with Gasteiger partial charge in [-0.2, -0.15) is 0 Å². The minimum Gasteiger partial charge on any atom is -0.361 e. The van der Waals surface area contributed by atoms with Crippen LogP contribution in [0.3, 0.4) is 0 Å². The number of piperidine rings is 1. The van der Waals surface area contributed by atoms with Crippen molar-refractivity contribution in [1.29, 1.82) is 0 Å². The molecule has 0 spiro atoms. The van der Waals surface area contributed by atoms with Crippen molar-refractivity contribution >= 4 is 34.3 Å². The number of carbonyl (C=O) groups is 1. The first-order chi connectivity index (χ1) is 14.7. The lowest BCUT2D eigenvalue weighted by molar-refractivity contribution is -0.116. The number of nitrogens with one attached hydrogen (secondary N) is 1. The fourth-order valence-corrected chi connectivity index (χ4v) is 5.62. The molecule has 5 rings (SSSR count). The molecule has 1 N–H and O–H groups in total. The van der Waals surface area contributed by atoms with E-state index in [2.05, 4.69) is 22.0 Å².